The minimum absolute atomic E-state index is 0.0519. The number of benzene rings is 1. The van der Waals surface area contributed by atoms with Gasteiger partial charge in [0.15, 0.2) is 0 Å². The van der Waals surface area contributed by atoms with E-state index in [0.717, 1.165) is 25.0 Å². The molecule has 1 amide bonds. The highest BCUT2D eigenvalue weighted by atomic mass is 16.5. The number of carbonyl (C=O) groups is 3. The average molecular weight is 459 g/mol. The summed E-state index contributed by atoms with van der Waals surface area (Å²) in [6.07, 6.45) is 3.86. The highest BCUT2D eigenvalue weighted by molar-refractivity contribution is 5.96. The summed E-state index contributed by atoms with van der Waals surface area (Å²) in [4.78, 5) is 39.9. The van der Waals surface area contributed by atoms with Crippen LogP contribution in [-0.2, 0) is 21.4 Å². The molecule has 3 heterocycles. The molecule has 2 aliphatic heterocycles. The predicted molar refractivity (Wildman–Crippen MR) is 120 cm³/mol. The highest BCUT2D eigenvalue weighted by Crippen LogP contribution is 2.31. The summed E-state index contributed by atoms with van der Waals surface area (Å²) in [6, 6.07) is 3.87. The largest absolute Gasteiger partial charge is 0.480 e. The Kier molecular flexibility index (Phi) is 6.96. The van der Waals surface area contributed by atoms with Crippen LogP contribution in [0.1, 0.15) is 34.8 Å². The van der Waals surface area contributed by atoms with Gasteiger partial charge < -0.3 is 24.8 Å². The van der Waals surface area contributed by atoms with Gasteiger partial charge in [0.05, 0.1) is 18.2 Å². The van der Waals surface area contributed by atoms with E-state index in [0.29, 0.717) is 43.7 Å². The molecule has 0 radical (unpaired) electrons. The van der Waals surface area contributed by atoms with E-state index in [1.54, 1.807) is 12.3 Å². The van der Waals surface area contributed by atoms with Crippen LogP contribution >= 0.6 is 0 Å². The fourth-order valence-electron chi connectivity index (χ4n) is 4.73. The number of nitrogens with one attached hydrogen (secondary N) is 1. The Morgan fingerprint density at radius 3 is 2.58 bits per heavy atom. The Labute approximate surface area is 191 Å². The summed E-state index contributed by atoms with van der Waals surface area (Å²) in [6.45, 7) is 3.68. The number of carboxylic acids is 2. The van der Waals surface area contributed by atoms with Crippen LogP contribution in [0.2, 0.25) is 0 Å². The van der Waals surface area contributed by atoms with Crippen LogP contribution in [0.5, 0.6) is 0 Å². The smallest absolute Gasteiger partial charge is 0.335 e. The maximum Gasteiger partial charge on any atom is 0.335 e. The average Bonchev–Trinajstić information content (AvgIpc) is 3.41. The van der Waals surface area contributed by atoms with Crippen molar-refractivity contribution in [1.29, 1.82) is 0 Å². The van der Waals surface area contributed by atoms with Crippen molar-refractivity contribution in [3.05, 3.63) is 35.5 Å². The predicted octanol–water partition coefficient (Wildman–Crippen LogP) is 0.915. The maximum atomic E-state index is 12.3. The van der Waals surface area contributed by atoms with Crippen molar-refractivity contribution in [1.82, 2.24) is 19.7 Å². The second-order valence-electron chi connectivity index (χ2n) is 8.72. The van der Waals surface area contributed by atoms with E-state index in [9.17, 15) is 24.6 Å². The van der Waals surface area contributed by atoms with Gasteiger partial charge >= 0.3 is 11.9 Å². The third kappa shape index (κ3) is 5.18. The van der Waals surface area contributed by atoms with Crippen molar-refractivity contribution in [2.24, 2.45) is 7.05 Å². The summed E-state index contributed by atoms with van der Waals surface area (Å²) in [5.74, 6) is -2.08. The first-order valence-corrected chi connectivity index (χ1v) is 11.2. The zero-order valence-corrected chi connectivity index (χ0v) is 18.7. The quantitative estimate of drug-likeness (QED) is 0.533. The molecule has 0 spiro atoms. The molecule has 4 rings (SSSR count). The lowest BCUT2D eigenvalue weighted by Crippen LogP contribution is -2.51. The summed E-state index contributed by atoms with van der Waals surface area (Å²) in [7, 11) is 1.82. The third-order valence-corrected chi connectivity index (χ3v) is 6.49. The number of carbonyl (C=O) groups excluding carboxylic acids is 1. The molecular formula is C23H30N4O6. The molecule has 2 saturated heterocycles. The van der Waals surface area contributed by atoms with Gasteiger partial charge in [0.25, 0.3) is 0 Å². The highest BCUT2D eigenvalue weighted by Gasteiger charge is 2.33. The number of amides is 1. The van der Waals surface area contributed by atoms with Gasteiger partial charge in [0.1, 0.15) is 6.04 Å². The van der Waals surface area contributed by atoms with Crippen LogP contribution in [0.4, 0.5) is 0 Å². The van der Waals surface area contributed by atoms with Crippen LogP contribution in [0, 0.1) is 0 Å². The second kappa shape index (κ2) is 9.90. The lowest BCUT2D eigenvalue weighted by Gasteiger charge is -2.37. The Morgan fingerprint density at radius 1 is 1.18 bits per heavy atom. The molecule has 178 valence electrons. The van der Waals surface area contributed by atoms with Gasteiger partial charge in [-0.25, -0.2) is 4.79 Å². The summed E-state index contributed by atoms with van der Waals surface area (Å²) in [5.41, 5.74) is 1.48. The van der Waals surface area contributed by atoms with E-state index in [4.69, 9.17) is 4.74 Å². The van der Waals surface area contributed by atoms with Gasteiger partial charge in [-0.2, -0.15) is 0 Å². The van der Waals surface area contributed by atoms with Gasteiger partial charge in [0, 0.05) is 69.0 Å². The molecule has 2 aliphatic rings. The van der Waals surface area contributed by atoms with Gasteiger partial charge in [-0.15, -0.1) is 0 Å². The fourth-order valence-corrected chi connectivity index (χ4v) is 4.73. The van der Waals surface area contributed by atoms with Crippen molar-refractivity contribution in [2.75, 3.05) is 45.9 Å². The lowest BCUT2D eigenvalue weighted by molar-refractivity contribution is -0.144. The Morgan fingerprint density at radius 2 is 1.94 bits per heavy atom. The molecule has 10 nitrogen and oxygen atoms in total. The molecule has 1 aromatic heterocycles. The van der Waals surface area contributed by atoms with Gasteiger partial charge in [0.2, 0.25) is 5.91 Å². The Hall–Kier alpha value is -2.95. The minimum atomic E-state index is -1.05. The van der Waals surface area contributed by atoms with Crippen molar-refractivity contribution < 1.29 is 29.3 Å². The molecule has 10 heteroatoms. The SMILES string of the molecule is Cn1cc([C@H](C(=O)O)N2CCN(CC(=O)NC[C@@H]3CCCO3)CC2)c2cc(C(=O)O)ccc21. The number of rotatable bonds is 8. The number of aryl methyl sites for hydroxylation is 1. The van der Waals surface area contributed by atoms with Gasteiger partial charge in [-0.05, 0) is 31.0 Å². The Balaban J connectivity index is 1.42. The van der Waals surface area contributed by atoms with E-state index in [1.165, 1.54) is 12.1 Å². The molecule has 2 atom stereocenters. The molecule has 2 aromatic rings. The zero-order chi connectivity index (χ0) is 23.5. The van der Waals surface area contributed by atoms with Crippen LogP contribution in [0.3, 0.4) is 0 Å². The number of aromatic carboxylic acids is 1. The summed E-state index contributed by atoms with van der Waals surface area (Å²) in [5, 5.41) is 23.0. The van der Waals surface area contributed by atoms with Crippen LogP contribution < -0.4 is 5.32 Å². The van der Waals surface area contributed by atoms with Gasteiger partial charge in [-0.3, -0.25) is 19.4 Å². The number of aliphatic carboxylic acids is 1. The molecule has 3 N–H and O–H groups in total. The normalized spacial score (nSPS) is 20.7. The number of hydrogen-bond donors (Lipinski definition) is 3. The number of nitrogens with zero attached hydrogens (tertiary/aromatic N) is 3. The van der Waals surface area contributed by atoms with Crippen molar-refractivity contribution in [2.45, 2.75) is 25.0 Å². The number of ether oxygens (including phenoxy) is 1. The fraction of sp³-hybridized carbons (Fsp3) is 0.522. The molecule has 1 aromatic carbocycles. The number of aromatic nitrogens is 1. The van der Waals surface area contributed by atoms with E-state index < -0.39 is 18.0 Å². The molecule has 0 bridgehead atoms. The molecule has 0 saturated carbocycles. The van der Waals surface area contributed by atoms with E-state index >= 15 is 0 Å². The van der Waals surface area contributed by atoms with E-state index in [-0.39, 0.29) is 24.1 Å². The van der Waals surface area contributed by atoms with E-state index in [1.807, 2.05) is 21.4 Å². The molecule has 33 heavy (non-hydrogen) atoms. The topological polar surface area (TPSA) is 124 Å². The lowest BCUT2D eigenvalue weighted by atomic mass is 10.0. The standard InChI is InChI=1S/C23H30N4O6/c1-25-13-18(17-11-15(22(29)30)4-5-19(17)25)21(23(31)32)27-8-6-26(7-9-27)14-20(28)24-12-16-3-2-10-33-16/h4-5,11,13,16,21H,2-3,6-10,12,14H2,1H3,(H,24,28)(H,29,30)(H,31,32)/t16-,21+/m0/s1. The summed E-state index contributed by atoms with van der Waals surface area (Å²) >= 11 is 0. The minimum Gasteiger partial charge on any atom is -0.480 e. The van der Waals surface area contributed by atoms with Crippen molar-refractivity contribution >= 4 is 28.7 Å². The second-order valence-corrected chi connectivity index (χ2v) is 8.72. The van der Waals surface area contributed by atoms with Crippen LogP contribution in [-0.4, -0.2) is 94.4 Å². The monoisotopic (exact) mass is 458 g/mol. The first-order chi connectivity index (χ1) is 15.8. The molecular weight excluding hydrogens is 428 g/mol. The number of piperazine rings is 1. The third-order valence-electron chi connectivity index (χ3n) is 6.49. The number of carboxylic acid groups (broad SMARTS) is 2. The first-order valence-electron chi connectivity index (χ1n) is 11.2. The molecule has 2 fully saturated rings. The summed E-state index contributed by atoms with van der Waals surface area (Å²) < 4.78 is 7.35. The maximum absolute atomic E-state index is 12.3. The molecule has 0 unspecified atom stereocenters. The van der Waals surface area contributed by atoms with Crippen molar-refractivity contribution in [3.8, 4) is 0 Å². The molecule has 0 aliphatic carbocycles. The number of fused-ring (bicyclic) bond motifs is 1. The Bertz CT molecular complexity index is 1040. The van der Waals surface area contributed by atoms with Gasteiger partial charge in [-0.1, -0.05) is 0 Å². The number of hydrogen-bond acceptors (Lipinski definition) is 6. The van der Waals surface area contributed by atoms with Crippen LogP contribution in [0.25, 0.3) is 10.9 Å². The van der Waals surface area contributed by atoms with E-state index in [2.05, 4.69) is 5.32 Å². The first kappa shape index (κ1) is 23.2. The van der Waals surface area contributed by atoms with Crippen molar-refractivity contribution in [3.63, 3.8) is 0 Å². The van der Waals surface area contributed by atoms with Crippen LogP contribution in [0.15, 0.2) is 24.4 Å². The zero-order valence-electron chi connectivity index (χ0n) is 18.7.